The third-order valence-electron chi connectivity index (χ3n) is 2.34. The number of aromatic hydroxyl groups is 1. The maximum absolute atomic E-state index is 9.79. The zero-order valence-electron chi connectivity index (χ0n) is 12.1. The molecule has 0 saturated heterocycles. The van der Waals surface area contributed by atoms with Crippen molar-refractivity contribution in [2.75, 3.05) is 14.2 Å². The van der Waals surface area contributed by atoms with Crippen molar-refractivity contribution in [2.24, 2.45) is 4.99 Å². The van der Waals surface area contributed by atoms with Crippen molar-refractivity contribution >= 4 is 12.3 Å². The lowest BCUT2D eigenvalue weighted by atomic mass is 10.1. The normalized spacial score (nSPS) is 12.3. The highest BCUT2D eigenvalue weighted by molar-refractivity contribution is 5.79. The Balaban J connectivity index is 2.96. The Morgan fingerprint density at radius 3 is 2.05 bits per heavy atom. The fraction of sp³-hybridized carbons (Fsp3) is 0.400. The number of methoxy groups -OCH3 is 2. The molecule has 0 spiro atoms. The van der Waals surface area contributed by atoms with Gasteiger partial charge in [-0.1, -0.05) is 6.08 Å². The van der Waals surface area contributed by atoms with Gasteiger partial charge in [0, 0.05) is 6.21 Å². The van der Waals surface area contributed by atoms with E-state index in [0.29, 0.717) is 11.5 Å². The highest BCUT2D eigenvalue weighted by Gasteiger charge is 2.09. The van der Waals surface area contributed by atoms with Gasteiger partial charge in [0.05, 0.1) is 19.8 Å². The number of rotatable bonds is 4. The molecule has 0 atom stereocenters. The maximum atomic E-state index is 9.79. The number of benzene rings is 1. The number of hydrogen-bond acceptors (Lipinski definition) is 4. The minimum absolute atomic E-state index is 0.00510. The van der Waals surface area contributed by atoms with Crippen LogP contribution in [0, 0.1) is 0 Å². The van der Waals surface area contributed by atoms with Gasteiger partial charge in [0.15, 0.2) is 11.5 Å². The van der Waals surface area contributed by atoms with Crippen molar-refractivity contribution in [1.82, 2.24) is 0 Å². The molecule has 1 N–H and O–H groups in total. The fourth-order valence-electron chi connectivity index (χ4n) is 1.43. The van der Waals surface area contributed by atoms with Gasteiger partial charge in [-0.05, 0) is 44.5 Å². The van der Waals surface area contributed by atoms with E-state index in [1.54, 1.807) is 18.3 Å². The predicted octanol–water partition coefficient (Wildman–Crippen LogP) is 3.29. The van der Waals surface area contributed by atoms with E-state index in [-0.39, 0.29) is 11.3 Å². The molecule has 0 aliphatic carbocycles. The van der Waals surface area contributed by atoms with Gasteiger partial charge in [-0.2, -0.15) is 0 Å². The zero-order valence-corrected chi connectivity index (χ0v) is 12.1. The number of phenols is 1. The highest BCUT2D eigenvalue weighted by Crippen LogP contribution is 2.37. The van der Waals surface area contributed by atoms with Gasteiger partial charge in [-0.25, -0.2) is 0 Å². The van der Waals surface area contributed by atoms with Crippen molar-refractivity contribution in [3.8, 4) is 17.2 Å². The number of hydrogen-bond donors (Lipinski definition) is 1. The molecule has 0 aromatic heterocycles. The number of phenolic OH excluding ortho intramolecular Hbond substituents is 1. The van der Waals surface area contributed by atoms with Crippen LogP contribution < -0.4 is 9.47 Å². The monoisotopic (exact) mass is 263 g/mol. The standard InChI is InChI=1S/C15H21NO3/c1-15(2,3)16-8-6-7-11-9-12(18-4)14(17)13(10-11)19-5/h6-10,17H,1-5H3/b7-6+,16-8+. The fourth-order valence-corrected chi connectivity index (χ4v) is 1.43. The van der Waals surface area contributed by atoms with Crippen LogP contribution in [-0.4, -0.2) is 31.1 Å². The molecule has 104 valence electrons. The Hall–Kier alpha value is -1.97. The van der Waals surface area contributed by atoms with Crippen LogP contribution in [0.2, 0.25) is 0 Å². The predicted molar refractivity (Wildman–Crippen MR) is 78.5 cm³/mol. The lowest BCUT2D eigenvalue weighted by molar-refractivity contribution is 0.340. The Bertz CT molecular complexity index is 460. The molecule has 0 heterocycles. The third kappa shape index (κ3) is 4.66. The number of ether oxygens (including phenoxy) is 2. The summed E-state index contributed by atoms with van der Waals surface area (Å²) < 4.78 is 10.2. The smallest absolute Gasteiger partial charge is 0.200 e. The molecule has 1 aromatic rings. The van der Waals surface area contributed by atoms with Crippen LogP contribution in [0.4, 0.5) is 0 Å². The van der Waals surface area contributed by atoms with Gasteiger partial charge in [0.1, 0.15) is 0 Å². The molecule has 4 heteroatoms. The molecule has 19 heavy (non-hydrogen) atoms. The summed E-state index contributed by atoms with van der Waals surface area (Å²) in [6.45, 7) is 6.10. The van der Waals surface area contributed by atoms with E-state index in [2.05, 4.69) is 4.99 Å². The summed E-state index contributed by atoms with van der Waals surface area (Å²) in [4.78, 5) is 4.35. The topological polar surface area (TPSA) is 51.0 Å². The largest absolute Gasteiger partial charge is 0.502 e. The summed E-state index contributed by atoms with van der Waals surface area (Å²) in [5.41, 5.74) is 0.779. The molecule has 1 aromatic carbocycles. The second-order valence-corrected chi connectivity index (χ2v) is 5.08. The van der Waals surface area contributed by atoms with Crippen molar-refractivity contribution < 1.29 is 14.6 Å². The van der Waals surface area contributed by atoms with Crippen LogP contribution in [0.15, 0.2) is 23.2 Å². The Morgan fingerprint density at radius 2 is 1.63 bits per heavy atom. The van der Waals surface area contributed by atoms with Gasteiger partial charge >= 0.3 is 0 Å². The molecule has 0 bridgehead atoms. The van der Waals surface area contributed by atoms with Crippen LogP contribution in [-0.2, 0) is 0 Å². The molecular weight excluding hydrogens is 242 g/mol. The molecule has 0 aliphatic rings. The quantitative estimate of drug-likeness (QED) is 0.848. The lowest BCUT2D eigenvalue weighted by Gasteiger charge is -2.10. The average Bonchev–Trinajstić information content (AvgIpc) is 2.35. The van der Waals surface area contributed by atoms with Crippen LogP contribution in [0.25, 0.3) is 6.08 Å². The van der Waals surface area contributed by atoms with E-state index < -0.39 is 0 Å². The minimum Gasteiger partial charge on any atom is -0.502 e. The lowest BCUT2D eigenvalue weighted by Crippen LogP contribution is -2.08. The van der Waals surface area contributed by atoms with Gasteiger partial charge in [-0.15, -0.1) is 0 Å². The number of allylic oxidation sites excluding steroid dienone is 1. The summed E-state index contributed by atoms with van der Waals surface area (Å²) in [5, 5.41) is 9.79. The van der Waals surface area contributed by atoms with Gasteiger partial charge in [0.2, 0.25) is 5.75 Å². The molecule has 0 radical (unpaired) electrons. The van der Waals surface area contributed by atoms with Gasteiger partial charge in [0.25, 0.3) is 0 Å². The summed E-state index contributed by atoms with van der Waals surface area (Å²) in [6.07, 6.45) is 5.47. The van der Waals surface area contributed by atoms with Crippen molar-refractivity contribution in [3.05, 3.63) is 23.8 Å². The Kier molecular flexibility index (Phi) is 4.98. The molecule has 0 fully saturated rings. The molecule has 0 amide bonds. The zero-order chi connectivity index (χ0) is 14.5. The molecule has 0 unspecified atom stereocenters. The molecule has 4 nitrogen and oxygen atoms in total. The van der Waals surface area contributed by atoms with E-state index in [0.717, 1.165) is 5.56 Å². The van der Waals surface area contributed by atoms with Gasteiger partial charge in [-0.3, -0.25) is 4.99 Å². The summed E-state index contributed by atoms with van der Waals surface area (Å²) in [7, 11) is 3.01. The van der Waals surface area contributed by atoms with E-state index in [4.69, 9.17) is 9.47 Å². The maximum Gasteiger partial charge on any atom is 0.200 e. The van der Waals surface area contributed by atoms with E-state index in [1.807, 2.05) is 32.9 Å². The minimum atomic E-state index is -0.0886. The number of aliphatic imine (C=N–C) groups is 1. The Morgan fingerprint density at radius 1 is 1.11 bits per heavy atom. The van der Waals surface area contributed by atoms with Crippen molar-refractivity contribution in [2.45, 2.75) is 26.3 Å². The average molecular weight is 263 g/mol. The van der Waals surface area contributed by atoms with Gasteiger partial charge < -0.3 is 14.6 Å². The molecule has 1 rings (SSSR count). The molecular formula is C15H21NO3. The summed E-state index contributed by atoms with van der Waals surface area (Å²) in [6, 6.07) is 3.47. The third-order valence-corrected chi connectivity index (χ3v) is 2.34. The van der Waals surface area contributed by atoms with E-state index in [9.17, 15) is 5.11 Å². The van der Waals surface area contributed by atoms with E-state index in [1.165, 1.54) is 14.2 Å². The first kappa shape index (κ1) is 15.1. The van der Waals surface area contributed by atoms with Crippen molar-refractivity contribution in [1.29, 1.82) is 0 Å². The Labute approximate surface area is 114 Å². The van der Waals surface area contributed by atoms with E-state index >= 15 is 0 Å². The van der Waals surface area contributed by atoms with Crippen LogP contribution in [0.5, 0.6) is 17.2 Å². The second-order valence-electron chi connectivity index (χ2n) is 5.08. The first-order chi connectivity index (χ1) is 8.87. The SMILES string of the molecule is COc1cc(/C=C/C=N/C(C)(C)C)cc(OC)c1O. The van der Waals surface area contributed by atoms with Crippen LogP contribution in [0.3, 0.4) is 0 Å². The first-order valence-electron chi connectivity index (χ1n) is 6.04. The summed E-state index contributed by atoms with van der Waals surface area (Å²) >= 11 is 0. The second kappa shape index (κ2) is 6.27. The van der Waals surface area contributed by atoms with Crippen molar-refractivity contribution in [3.63, 3.8) is 0 Å². The number of nitrogens with zero attached hydrogens (tertiary/aromatic N) is 1. The van der Waals surface area contributed by atoms with Crippen LogP contribution in [0.1, 0.15) is 26.3 Å². The molecule has 0 aliphatic heterocycles. The molecule has 0 saturated carbocycles. The highest BCUT2D eigenvalue weighted by atomic mass is 16.5. The van der Waals surface area contributed by atoms with Crippen LogP contribution >= 0.6 is 0 Å². The summed E-state index contributed by atoms with van der Waals surface area (Å²) in [5.74, 6) is 0.768. The first-order valence-corrected chi connectivity index (χ1v) is 6.04.